The molecule has 1 aliphatic heterocycles. The first-order valence-electron chi connectivity index (χ1n) is 8.99. The molecule has 1 atom stereocenters. The summed E-state index contributed by atoms with van der Waals surface area (Å²) in [6.07, 6.45) is -4.16. The highest BCUT2D eigenvalue weighted by atomic mass is 32.2. The standard InChI is InChI=1S/C20H18F3NO5S/c21-20(22,23)14-7-5-13(6-8-14)16-3-1-2-4-17(16)19(26)29-11-18(25)24-15-9-10-30(27,28)12-15/h1-8,15H,9-12H2,(H,24,25)/t15-/m1/s1. The van der Waals surface area contributed by atoms with Crippen LogP contribution in [0.1, 0.15) is 22.3 Å². The molecule has 1 fully saturated rings. The van der Waals surface area contributed by atoms with Gasteiger partial charge in [0.15, 0.2) is 16.4 Å². The molecular formula is C20H18F3NO5S. The lowest BCUT2D eigenvalue weighted by atomic mass is 9.98. The minimum absolute atomic E-state index is 0.00175. The van der Waals surface area contributed by atoms with Crippen LogP contribution in [0.3, 0.4) is 0 Å². The van der Waals surface area contributed by atoms with E-state index >= 15 is 0 Å². The zero-order chi connectivity index (χ0) is 21.9. The van der Waals surface area contributed by atoms with Gasteiger partial charge in [0, 0.05) is 6.04 Å². The number of sulfone groups is 1. The van der Waals surface area contributed by atoms with E-state index in [9.17, 15) is 31.2 Å². The Labute approximate surface area is 171 Å². The highest BCUT2D eigenvalue weighted by Gasteiger charge is 2.30. The van der Waals surface area contributed by atoms with Gasteiger partial charge in [-0.05, 0) is 35.7 Å². The Balaban J connectivity index is 1.66. The van der Waals surface area contributed by atoms with E-state index < -0.39 is 46.1 Å². The van der Waals surface area contributed by atoms with E-state index in [0.29, 0.717) is 17.5 Å². The van der Waals surface area contributed by atoms with Gasteiger partial charge in [-0.25, -0.2) is 13.2 Å². The smallest absolute Gasteiger partial charge is 0.416 e. The second-order valence-electron chi connectivity index (χ2n) is 6.86. The first-order chi connectivity index (χ1) is 14.0. The van der Waals surface area contributed by atoms with Crippen LogP contribution in [-0.2, 0) is 25.5 Å². The van der Waals surface area contributed by atoms with E-state index in [0.717, 1.165) is 12.1 Å². The Bertz CT molecular complexity index is 1050. The van der Waals surface area contributed by atoms with E-state index in [1.165, 1.54) is 18.2 Å². The van der Waals surface area contributed by atoms with Crippen LogP contribution in [0, 0.1) is 0 Å². The highest BCUT2D eigenvalue weighted by molar-refractivity contribution is 7.91. The topological polar surface area (TPSA) is 89.5 Å². The van der Waals surface area contributed by atoms with E-state index in [-0.39, 0.29) is 17.1 Å². The number of halogens is 3. The lowest BCUT2D eigenvalue weighted by Gasteiger charge is -2.13. The Morgan fingerprint density at radius 3 is 2.33 bits per heavy atom. The monoisotopic (exact) mass is 441 g/mol. The van der Waals surface area contributed by atoms with Gasteiger partial charge in [0.1, 0.15) is 0 Å². The molecule has 1 aliphatic rings. The molecule has 3 rings (SSSR count). The number of rotatable bonds is 5. The summed E-state index contributed by atoms with van der Waals surface area (Å²) in [4.78, 5) is 24.4. The van der Waals surface area contributed by atoms with Crippen molar-refractivity contribution in [2.24, 2.45) is 0 Å². The number of amides is 1. The lowest BCUT2D eigenvalue weighted by molar-refractivity contribution is -0.137. The zero-order valence-corrected chi connectivity index (χ0v) is 16.4. The van der Waals surface area contributed by atoms with Crippen LogP contribution < -0.4 is 5.32 Å². The molecule has 30 heavy (non-hydrogen) atoms. The van der Waals surface area contributed by atoms with Crippen molar-refractivity contribution in [3.8, 4) is 11.1 Å². The number of carbonyl (C=O) groups excluding carboxylic acids is 2. The van der Waals surface area contributed by atoms with Crippen LogP contribution >= 0.6 is 0 Å². The molecule has 2 aromatic rings. The Hall–Kier alpha value is -2.88. The maximum Gasteiger partial charge on any atom is 0.416 e. The fourth-order valence-electron chi connectivity index (χ4n) is 3.14. The predicted molar refractivity (Wildman–Crippen MR) is 102 cm³/mol. The van der Waals surface area contributed by atoms with E-state index in [4.69, 9.17) is 4.74 Å². The average Bonchev–Trinajstić information content (AvgIpc) is 3.03. The van der Waals surface area contributed by atoms with E-state index in [1.54, 1.807) is 18.2 Å². The second kappa shape index (κ2) is 8.47. The van der Waals surface area contributed by atoms with Gasteiger partial charge in [-0.15, -0.1) is 0 Å². The van der Waals surface area contributed by atoms with Gasteiger partial charge in [-0.1, -0.05) is 30.3 Å². The summed E-state index contributed by atoms with van der Waals surface area (Å²) in [7, 11) is -3.16. The highest BCUT2D eigenvalue weighted by Crippen LogP contribution is 2.32. The first-order valence-corrected chi connectivity index (χ1v) is 10.8. The van der Waals surface area contributed by atoms with Crippen LogP contribution in [-0.4, -0.2) is 44.4 Å². The van der Waals surface area contributed by atoms with Gasteiger partial charge in [0.05, 0.1) is 22.6 Å². The molecule has 0 spiro atoms. The first kappa shape index (κ1) is 21.8. The quantitative estimate of drug-likeness (QED) is 0.721. The van der Waals surface area contributed by atoms with Crippen molar-refractivity contribution in [3.63, 3.8) is 0 Å². The maximum atomic E-state index is 12.7. The minimum Gasteiger partial charge on any atom is -0.452 e. The second-order valence-corrected chi connectivity index (χ2v) is 9.09. The lowest BCUT2D eigenvalue weighted by Crippen LogP contribution is -2.38. The molecule has 2 aromatic carbocycles. The van der Waals surface area contributed by atoms with E-state index in [2.05, 4.69) is 5.32 Å². The molecular weight excluding hydrogens is 423 g/mol. The zero-order valence-electron chi connectivity index (χ0n) is 15.6. The normalized spacial score (nSPS) is 18.0. The minimum atomic E-state index is -4.47. The van der Waals surface area contributed by atoms with Crippen LogP contribution in [0.25, 0.3) is 11.1 Å². The average molecular weight is 441 g/mol. The molecule has 10 heteroatoms. The molecule has 0 aliphatic carbocycles. The van der Waals surface area contributed by atoms with Gasteiger partial charge >= 0.3 is 12.1 Å². The third kappa shape index (κ3) is 5.38. The van der Waals surface area contributed by atoms with Gasteiger partial charge in [0.25, 0.3) is 5.91 Å². The largest absolute Gasteiger partial charge is 0.452 e. The van der Waals surface area contributed by atoms with Crippen molar-refractivity contribution in [2.75, 3.05) is 18.1 Å². The van der Waals surface area contributed by atoms with Crippen molar-refractivity contribution >= 4 is 21.7 Å². The fourth-order valence-corrected chi connectivity index (χ4v) is 4.81. The summed E-state index contributed by atoms with van der Waals surface area (Å²) < 4.78 is 66.1. The van der Waals surface area contributed by atoms with Crippen LogP contribution in [0.15, 0.2) is 48.5 Å². The molecule has 6 nitrogen and oxygen atoms in total. The number of alkyl halides is 3. The summed E-state index contributed by atoms with van der Waals surface area (Å²) in [5.74, 6) is -1.60. The van der Waals surface area contributed by atoms with E-state index in [1.807, 2.05) is 0 Å². The molecule has 0 aromatic heterocycles. The Kier molecular flexibility index (Phi) is 6.16. The summed E-state index contributed by atoms with van der Waals surface area (Å²) in [6.45, 7) is -0.600. The molecule has 1 saturated heterocycles. The summed E-state index contributed by atoms with van der Waals surface area (Å²) >= 11 is 0. The number of nitrogens with one attached hydrogen (secondary N) is 1. The number of benzene rings is 2. The molecule has 1 amide bonds. The van der Waals surface area contributed by atoms with Gasteiger partial charge < -0.3 is 10.1 Å². The number of hydrogen-bond acceptors (Lipinski definition) is 5. The molecule has 0 unspecified atom stereocenters. The van der Waals surface area contributed by atoms with Crippen molar-refractivity contribution in [1.82, 2.24) is 5.32 Å². The SMILES string of the molecule is O=C(COC(=O)c1ccccc1-c1ccc(C(F)(F)F)cc1)N[C@@H]1CCS(=O)(=O)C1. The van der Waals surface area contributed by atoms with Gasteiger partial charge in [-0.3, -0.25) is 4.79 Å². The van der Waals surface area contributed by atoms with Gasteiger partial charge in [0.2, 0.25) is 0 Å². The third-order valence-electron chi connectivity index (χ3n) is 4.60. The number of hydrogen-bond donors (Lipinski definition) is 1. The number of esters is 1. The van der Waals surface area contributed by atoms with Crippen molar-refractivity contribution < 1.29 is 35.9 Å². The molecule has 160 valence electrons. The predicted octanol–water partition coefficient (Wildman–Crippen LogP) is 2.83. The van der Waals surface area contributed by atoms with Crippen molar-refractivity contribution in [3.05, 3.63) is 59.7 Å². The molecule has 0 bridgehead atoms. The summed E-state index contributed by atoms with van der Waals surface area (Å²) in [6, 6.07) is 10.0. The van der Waals surface area contributed by atoms with Crippen LogP contribution in [0.4, 0.5) is 13.2 Å². The molecule has 0 saturated carbocycles. The fraction of sp³-hybridized carbons (Fsp3) is 0.300. The third-order valence-corrected chi connectivity index (χ3v) is 6.37. The van der Waals surface area contributed by atoms with Crippen LogP contribution in [0.5, 0.6) is 0 Å². The van der Waals surface area contributed by atoms with Crippen molar-refractivity contribution in [1.29, 1.82) is 0 Å². The van der Waals surface area contributed by atoms with Crippen LogP contribution in [0.2, 0.25) is 0 Å². The van der Waals surface area contributed by atoms with Crippen molar-refractivity contribution in [2.45, 2.75) is 18.6 Å². The maximum absolute atomic E-state index is 12.7. The summed E-state index contributed by atoms with van der Waals surface area (Å²) in [5.41, 5.74) is 0.0279. The number of carbonyl (C=O) groups is 2. The number of ether oxygens (including phenoxy) is 1. The molecule has 0 radical (unpaired) electrons. The Morgan fingerprint density at radius 2 is 1.73 bits per heavy atom. The molecule has 1 N–H and O–H groups in total. The Morgan fingerprint density at radius 1 is 1.07 bits per heavy atom. The molecule has 1 heterocycles. The van der Waals surface area contributed by atoms with Gasteiger partial charge in [-0.2, -0.15) is 13.2 Å². The summed E-state index contributed by atoms with van der Waals surface area (Å²) in [5, 5.41) is 2.51.